The molecule has 6 nitrogen and oxygen atoms in total. The number of benzene rings is 1. The molecule has 1 N–H and O–H groups in total. The van der Waals surface area contributed by atoms with E-state index in [0.717, 1.165) is 41.0 Å². The Kier molecular flexibility index (Phi) is 5.05. The Labute approximate surface area is 163 Å². The summed E-state index contributed by atoms with van der Waals surface area (Å²) in [6, 6.07) is 9.96. The van der Waals surface area contributed by atoms with Gasteiger partial charge in [0.25, 0.3) is 0 Å². The summed E-state index contributed by atoms with van der Waals surface area (Å²) in [5.41, 5.74) is 1.15. The molecule has 4 rings (SSSR count). The first-order valence-electron chi connectivity index (χ1n) is 9.18. The Balaban J connectivity index is 1.38. The number of carbonyl (C=O) groups is 1. The molecule has 1 aliphatic carbocycles. The van der Waals surface area contributed by atoms with Crippen LogP contribution in [0.1, 0.15) is 30.2 Å². The fourth-order valence-corrected chi connectivity index (χ4v) is 5.65. The van der Waals surface area contributed by atoms with Crippen molar-refractivity contribution in [2.45, 2.75) is 31.2 Å². The maximum absolute atomic E-state index is 12.9. The van der Waals surface area contributed by atoms with E-state index in [-0.39, 0.29) is 23.8 Å². The monoisotopic (exact) mass is 405 g/mol. The number of likely N-dealkylation sites (tertiary alicyclic amines) is 1. The van der Waals surface area contributed by atoms with Gasteiger partial charge in [-0.2, -0.15) is 0 Å². The van der Waals surface area contributed by atoms with Gasteiger partial charge in [-0.05, 0) is 24.8 Å². The second-order valence-corrected chi connectivity index (χ2v) is 10.2. The minimum atomic E-state index is -3.25. The van der Waals surface area contributed by atoms with Crippen molar-refractivity contribution in [1.29, 1.82) is 0 Å². The first-order valence-corrected chi connectivity index (χ1v) is 11.9. The van der Waals surface area contributed by atoms with Crippen LogP contribution < -0.4 is 4.72 Å². The van der Waals surface area contributed by atoms with Crippen LogP contribution in [0.15, 0.2) is 36.5 Å². The highest BCUT2D eigenvalue weighted by Crippen LogP contribution is 2.50. The maximum Gasteiger partial charge on any atom is 0.226 e. The number of piperidine rings is 1. The number of thiazole rings is 1. The first-order chi connectivity index (χ1) is 12.9. The molecule has 144 valence electrons. The summed E-state index contributed by atoms with van der Waals surface area (Å²) in [4.78, 5) is 20.4. The molecule has 2 heterocycles. The molecule has 1 saturated carbocycles. The van der Waals surface area contributed by atoms with Gasteiger partial charge in [-0.3, -0.25) is 4.79 Å². The average molecular weight is 406 g/mol. The van der Waals surface area contributed by atoms with Crippen LogP contribution in [0.25, 0.3) is 10.4 Å². The minimum Gasteiger partial charge on any atom is -0.341 e. The summed E-state index contributed by atoms with van der Waals surface area (Å²) < 4.78 is 25.5. The number of amides is 1. The molecular weight excluding hydrogens is 382 g/mol. The second-order valence-electron chi connectivity index (χ2n) is 7.39. The smallest absolute Gasteiger partial charge is 0.226 e. The van der Waals surface area contributed by atoms with Crippen LogP contribution >= 0.6 is 11.3 Å². The Hall–Kier alpha value is -1.77. The van der Waals surface area contributed by atoms with E-state index in [4.69, 9.17) is 0 Å². The SMILES string of the molecule is CS(=O)(=O)N[C@H]1CCCN(C(=O)[C@@H]2C[C@H]2c2ncc(-c3ccccc3)s2)C1. The number of aromatic nitrogens is 1. The van der Waals surface area contributed by atoms with Gasteiger partial charge in [0.05, 0.1) is 16.1 Å². The van der Waals surface area contributed by atoms with E-state index in [2.05, 4.69) is 21.8 Å². The molecule has 1 aliphatic heterocycles. The van der Waals surface area contributed by atoms with Gasteiger partial charge in [0.15, 0.2) is 0 Å². The van der Waals surface area contributed by atoms with Gasteiger partial charge >= 0.3 is 0 Å². The van der Waals surface area contributed by atoms with Crippen molar-refractivity contribution in [2.75, 3.05) is 19.3 Å². The number of nitrogens with one attached hydrogen (secondary N) is 1. The van der Waals surface area contributed by atoms with E-state index in [9.17, 15) is 13.2 Å². The molecule has 2 fully saturated rings. The number of sulfonamides is 1. The Morgan fingerprint density at radius 1 is 1.30 bits per heavy atom. The van der Waals surface area contributed by atoms with E-state index in [1.165, 1.54) is 0 Å². The highest BCUT2D eigenvalue weighted by Gasteiger charge is 2.48. The first kappa shape index (κ1) is 18.6. The molecule has 0 spiro atoms. The van der Waals surface area contributed by atoms with Crippen molar-refractivity contribution in [3.8, 4) is 10.4 Å². The van der Waals surface area contributed by atoms with Gasteiger partial charge in [-0.25, -0.2) is 18.1 Å². The van der Waals surface area contributed by atoms with Gasteiger partial charge in [-0.1, -0.05) is 30.3 Å². The molecule has 0 radical (unpaired) electrons. The summed E-state index contributed by atoms with van der Waals surface area (Å²) in [5, 5.41) is 1.02. The van der Waals surface area contributed by atoms with E-state index >= 15 is 0 Å². The van der Waals surface area contributed by atoms with E-state index in [0.29, 0.717) is 13.1 Å². The molecule has 2 aliphatic rings. The molecule has 1 amide bonds. The molecule has 1 saturated heterocycles. The third kappa shape index (κ3) is 4.39. The van der Waals surface area contributed by atoms with Gasteiger partial charge in [0.2, 0.25) is 15.9 Å². The quantitative estimate of drug-likeness (QED) is 0.829. The van der Waals surface area contributed by atoms with Crippen molar-refractivity contribution in [3.63, 3.8) is 0 Å². The van der Waals surface area contributed by atoms with Crippen molar-refractivity contribution in [1.82, 2.24) is 14.6 Å². The van der Waals surface area contributed by atoms with Crippen LogP contribution in [-0.4, -0.2) is 49.6 Å². The third-order valence-corrected chi connectivity index (χ3v) is 7.06. The third-order valence-electron chi connectivity index (χ3n) is 5.12. The summed E-state index contributed by atoms with van der Waals surface area (Å²) in [5.74, 6) is 0.316. The summed E-state index contributed by atoms with van der Waals surface area (Å²) >= 11 is 1.66. The number of hydrogen-bond donors (Lipinski definition) is 1. The molecule has 0 bridgehead atoms. The highest BCUT2D eigenvalue weighted by molar-refractivity contribution is 7.88. The van der Waals surface area contributed by atoms with Gasteiger partial charge in [-0.15, -0.1) is 11.3 Å². The van der Waals surface area contributed by atoms with E-state index < -0.39 is 10.0 Å². The lowest BCUT2D eigenvalue weighted by molar-refractivity contribution is -0.133. The molecule has 2 aromatic rings. The van der Waals surface area contributed by atoms with Crippen LogP contribution in [0.3, 0.4) is 0 Å². The van der Waals surface area contributed by atoms with Crippen LogP contribution in [0.4, 0.5) is 0 Å². The minimum absolute atomic E-state index is 0.0169. The van der Waals surface area contributed by atoms with Crippen LogP contribution in [0.5, 0.6) is 0 Å². The molecule has 0 unspecified atom stereocenters. The van der Waals surface area contributed by atoms with Crippen molar-refractivity contribution in [2.24, 2.45) is 5.92 Å². The topological polar surface area (TPSA) is 79.4 Å². The highest BCUT2D eigenvalue weighted by atomic mass is 32.2. The van der Waals surface area contributed by atoms with Crippen LogP contribution in [-0.2, 0) is 14.8 Å². The van der Waals surface area contributed by atoms with Gasteiger partial charge in [0, 0.05) is 37.2 Å². The van der Waals surface area contributed by atoms with Crippen molar-refractivity contribution < 1.29 is 13.2 Å². The van der Waals surface area contributed by atoms with Crippen LogP contribution in [0, 0.1) is 5.92 Å². The number of hydrogen-bond acceptors (Lipinski definition) is 5. The van der Waals surface area contributed by atoms with Crippen molar-refractivity contribution >= 4 is 27.3 Å². The predicted octanol–water partition coefficient (Wildman–Crippen LogP) is 2.45. The Morgan fingerprint density at radius 2 is 2.07 bits per heavy atom. The number of carbonyl (C=O) groups excluding carboxylic acids is 1. The fourth-order valence-electron chi connectivity index (χ4n) is 3.75. The molecule has 1 aromatic heterocycles. The Morgan fingerprint density at radius 3 is 2.81 bits per heavy atom. The van der Waals surface area contributed by atoms with Crippen molar-refractivity contribution in [3.05, 3.63) is 41.5 Å². The van der Waals surface area contributed by atoms with E-state index in [1.54, 1.807) is 11.3 Å². The fraction of sp³-hybridized carbons (Fsp3) is 0.474. The lowest BCUT2D eigenvalue weighted by atomic mass is 10.1. The zero-order valence-corrected chi connectivity index (χ0v) is 16.8. The van der Waals surface area contributed by atoms with E-state index in [1.807, 2.05) is 29.3 Å². The molecule has 3 atom stereocenters. The summed E-state index contributed by atoms with van der Waals surface area (Å²) in [7, 11) is -3.25. The maximum atomic E-state index is 12.9. The predicted molar refractivity (Wildman–Crippen MR) is 106 cm³/mol. The van der Waals surface area contributed by atoms with Gasteiger partial charge < -0.3 is 4.90 Å². The largest absolute Gasteiger partial charge is 0.341 e. The molecule has 8 heteroatoms. The summed E-state index contributed by atoms with van der Waals surface area (Å²) in [6.45, 7) is 1.17. The van der Waals surface area contributed by atoms with Crippen LogP contribution in [0.2, 0.25) is 0 Å². The zero-order chi connectivity index (χ0) is 19.0. The lowest BCUT2D eigenvalue weighted by Crippen LogP contribution is -2.49. The Bertz CT molecular complexity index is 927. The standard InChI is InChI=1S/C19H23N3O3S2/c1-27(24,25)21-14-8-5-9-22(12-14)19(23)16-10-15(16)18-20-11-17(26-18)13-6-3-2-4-7-13/h2-4,6-7,11,14-16,21H,5,8-10,12H2,1H3/t14-,15+,16+/m0/s1. The molecule has 27 heavy (non-hydrogen) atoms. The summed E-state index contributed by atoms with van der Waals surface area (Å²) in [6.07, 6.45) is 5.49. The van der Waals surface area contributed by atoms with Gasteiger partial charge in [0.1, 0.15) is 0 Å². The number of nitrogens with zero attached hydrogens (tertiary/aromatic N) is 2. The lowest BCUT2D eigenvalue weighted by Gasteiger charge is -2.33. The molecular formula is C19H23N3O3S2. The molecule has 1 aromatic carbocycles. The number of rotatable bonds is 5. The second kappa shape index (κ2) is 7.33. The normalized spacial score (nSPS) is 25.4. The average Bonchev–Trinajstić information content (AvgIpc) is 3.28. The zero-order valence-electron chi connectivity index (χ0n) is 15.2.